The van der Waals surface area contributed by atoms with Crippen molar-refractivity contribution in [3.63, 3.8) is 0 Å². The molecule has 0 saturated carbocycles. The van der Waals surface area contributed by atoms with Gasteiger partial charge in [0, 0.05) is 18.4 Å². The number of hydrogen-bond acceptors (Lipinski definition) is 4. The summed E-state index contributed by atoms with van der Waals surface area (Å²) >= 11 is 0. The molecule has 0 saturated heterocycles. The van der Waals surface area contributed by atoms with Crippen LogP contribution in [0.5, 0.6) is 0 Å². The molecule has 7 heteroatoms. The van der Waals surface area contributed by atoms with E-state index in [1.807, 2.05) is 50.2 Å². The second-order valence-corrected chi connectivity index (χ2v) is 7.69. The fourth-order valence-electron chi connectivity index (χ4n) is 3.69. The first kappa shape index (κ1) is 21.4. The van der Waals surface area contributed by atoms with Crippen molar-refractivity contribution >= 4 is 18.0 Å². The van der Waals surface area contributed by atoms with E-state index in [1.54, 1.807) is 0 Å². The highest BCUT2D eigenvalue weighted by Crippen LogP contribution is 2.44. The van der Waals surface area contributed by atoms with Gasteiger partial charge in [0.15, 0.2) is 0 Å². The lowest BCUT2D eigenvalue weighted by Crippen LogP contribution is -2.43. The molecule has 7 nitrogen and oxygen atoms in total. The van der Waals surface area contributed by atoms with Crippen LogP contribution in [0.25, 0.3) is 11.1 Å². The summed E-state index contributed by atoms with van der Waals surface area (Å²) in [5.41, 5.74) is 4.55. The van der Waals surface area contributed by atoms with Crippen LogP contribution in [0.4, 0.5) is 4.79 Å². The van der Waals surface area contributed by atoms with Crippen molar-refractivity contribution in [1.82, 2.24) is 10.6 Å². The summed E-state index contributed by atoms with van der Waals surface area (Å²) in [5.74, 6) is -1.62. The van der Waals surface area contributed by atoms with Crippen LogP contribution in [0.15, 0.2) is 48.5 Å². The fourth-order valence-corrected chi connectivity index (χ4v) is 3.69. The summed E-state index contributed by atoms with van der Waals surface area (Å²) in [6.07, 6.45) is -0.614. The molecule has 0 radical (unpaired) electrons. The number of carbonyl (C=O) groups is 3. The number of nitrogens with one attached hydrogen (secondary N) is 2. The molecular weight excluding hydrogens is 384 g/mol. The number of aliphatic carboxylic acids is 1. The summed E-state index contributed by atoms with van der Waals surface area (Å²) in [7, 11) is 0. The quantitative estimate of drug-likeness (QED) is 0.620. The van der Waals surface area contributed by atoms with Gasteiger partial charge in [-0.2, -0.15) is 0 Å². The minimum atomic E-state index is -1.12. The summed E-state index contributed by atoms with van der Waals surface area (Å²) in [6, 6.07) is 15.7. The van der Waals surface area contributed by atoms with Crippen LogP contribution in [-0.4, -0.2) is 42.3 Å². The highest BCUT2D eigenvalue weighted by Gasteiger charge is 2.29. The molecule has 0 aromatic heterocycles. The van der Waals surface area contributed by atoms with E-state index in [4.69, 9.17) is 9.84 Å². The number of alkyl carbamates (subject to hydrolysis) is 1. The molecule has 2 aromatic carbocycles. The summed E-state index contributed by atoms with van der Waals surface area (Å²) in [5, 5.41) is 13.7. The molecule has 1 aliphatic carbocycles. The highest BCUT2D eigenvalue weighted by atomic mass is 16.5. The molecule has 3 rings (SSSR count). The average molecular weight is 410 g/mol. The standard InChI is InChI=1S/C23H26N2O5/c1-14(2)20(11-21(26)24-12-22(27)28)25-23(29)30-13-19-17-9-5-3-7-15(17)16-8-4-6-10-18(16)19/h3-10,14,19-20H,11-13H2,1-2H3,(H,24,26)(H,25,29)(H,27,28)/t20-/m0/s1. The molecular formula is C23H26N2O5. The number of ether oxygens (including phenoxy) is 1. The van der Waals surface area contributed by atoms with Crippen LogP contribution in [0.2, 0.25) is 0 Å². The SMILES string of the molecule is CC(C)[C@H](CC(=O)NCC(=O)O)NC(=O)OCC1c2ccccc2-c2ccccc21. The molecule has 0 aliphatic heterocycles. The zero-order valence-electron chi connectivity index (χ0n) is 17.1. The van der Waals surface area contributed by atoms with Crippen molar-refractivity contribution in [2.75, 3.05) is 13.2 Å². The molecule has 0 spiro atoms. The third-order valence-electron chi connectivity index (χ3n) is 5.29. The van der Waals surface area contributed by atoms with Crippen LogP contribution in [0, 0.1) is 5.92 Å². The largest absolute Gasteiger partial charge is 0.480 e. The van der Waals surface area contributed by atoms with Crippen LogP contribution >= 0.6 is 0 Å². The maximum Gasteiger partial charge on any atom is 0.407 e. The Morgan fingerprint density at radius 3 is 2.10 bits per heavy atom. The van der Waals surface area contributed by atoms with Gasteiger partial charge in [-0.1, -0.05) is 62.4 Å². The first-order valence-corrected chi connectivity index (χ1v) is 9.96. The van der Waals surface area contributed by atoms with E-state index in [0.29, 0.717) is 0 Å². The van der Waals surface area contributed by atoms with E-state index < -0.39 is 30.6 Å². The summed E-state index contributed by atoms with van der Waals surface area (Å²) < 4.78 is 5.52. The van der Waals surface area contributed by atoms with Gasteiger partial charge in [-0.3, -0.25) is 9.59 Å². The lowest BCUT2D eigenvalue weighted by atomic mass is 9.98. The fraction of sp³-hybridized carbons (Fsp3) is 0.348. The Morgan fingerprint density at radius 1 is 1.00 bits per heavy atom. The van der Waals surface area contributed by atoms with Crippen molar-refractivity contribution in [2.24, 2.45) is 5.92 Å². The predicted molar refractivity (Wildman–Crippen MR) is 112 cm³/mol. The second kappa shape index (κ2) is 9.43. The molecule has 2 amide bonds. The van der Waals surface area contributed by atoms with Gasteiger partial charge < -0.3 is 20.5 Å². The Balaban J connectivity index is 1.61. The van der Waals surface area contributed by atoms with Crippen LogP contribution in [0.3, 0.4) is 0 Å². The Bertz CT molecular complexity index is 895. The first-order valence-electron chi connectivity index (χ1n) is 9.96. The number of carboxylic acids is 1. The Hall–Kier alpha value is -3.35. The van der Waals surface area contributed by atoms with Gasteiger partial charge in [0.05, 0.1) is 0 Å². The molecule has 1 atom stereocenters. The van der Waals surface area contributed by atoms with E-state index >= 15 is 0 Å². The minimum absolute atomic E-state index is 0.0187. The van der Waals surface area contributed by atoms with Crippen LogP contribution in [-0.2, 0) is 14.3 Å². The van der Waals surface area contributed by atoms with Gasteiger partial charge in [0.25, 0.3) is 0 Å². The topological polar surface area (TPSA) is 105 Å². The highest BCUT2D eigenvalue weighted by molar-refractivity contribution is 5.82. The molecule has 30 heavy (non-hydrogen) atoms. The van der Waals surface area contributed by atoms with Crippen molar-refractivity contribution in [3.05, 3.63) is 59.7 Å². The third-order valence-corrected chi connectivity index (χ3v) is 5.29. The molecule has 0 heterocycles. The van der Waals surface area contributed by atoms with Crippen molar-refractivity contribution in [1.29, 1.82) is 0 Å². The van der Waals surface area contributed by atoms with Gasteiger partial charge in [-0.05, 0) is 28.2 Å². The minimum Gasteiger partial charge on any atom is -0.480 e. The predicted octanol–water partition coefficient (Wildman–Crippen LogP) is 3.14. The van der Waals surface area contributed by atoms with Crippen molar-refractivity contribution in [3.8, 4) is 11.1 Å². The summed E-state index contributed by atoms with van der Waals surface area (Å²) in [4.78, 5) is 34.9. The monoisotopic (exact) mass is 410 g/mol. The Morgan fingerprint density at radius 2 is 1.57 bits per heavy atom. The number of amides is 2. The number of carboxylic acid groups (broad SMARTS) is 1. The van der Waals surface area contributed by atoms with E-state index in [9.17, 15) is 14.4 Å². The lowest BCUT2D eigenvalue weighted by molar-refractivity contribution is -0.138. The molecule has 2 aromatic rings. The van der Waals surface area contributed by atoms with Crippen LogP contribution in [0.1, 0.15) is 37.3 Å². The molecule has 0 fully saturated rings. The molecule has 3 N–H and O–H groups in total. The molecule has 0 unspecified atom stereocenters. The lowest BCUT2D eigenvalue weighted by Gasteiger charge is -2.22. The van der Waals surface area contributed by atoms with Crippen molar-refractivity contribution in [2.45, 2.75) is 32.2 Å². The Labute approximate surface area is 175 Å². The number of rotatable bonds is 8. The second-order valence-electron chi connectivity index (χ2n) is 7.69. The summed E-state index contributed by atoms with van der Waals surface area (Å²) in [6.45, 7) is 3.49. The van der Waals surface area contributed by atoms with E-state index in [-0.39, 0.29) is 24.9 Å². The van der Waals surface area contributed by atoms with E-state index in [2.05, 4.69) is 22.8 Å². The number of fused-ring (bicyclic) bond motifs is 3. The number of carbonyl (C=O) groups excluding carboxylic acids is 2. The van der Waals surface area contributed by atoms with E-state index in [0.717, 1.165) is 22.3 Å². The first-order chi connectivity index (χ1) is 14.4. The zero-order valence-corrected chi connectivity index (χ0v) is 17.1. The van der Waals surface area contributed by atoms with E-state index in [1.165, 1.54) is 0 Å². The molecule has 0 bridgehead atoms. The van der Waals surface area contributed by atoms with Crippen molar-refractivity contribution < 1.29 is 24.2 Å². The molecule has 1 aliphatic rings. The maximum absolute atomic E-state index is 12.4. The maximum atomic E-state index is 12.4. The smallest absolute Gasteiger partial charge is 0.407 e. The van der Waals surface area contributed by atoms with Gasteiger partial charge in [0.1, 0.15) is 13.2 Å². The number of benzene rings is 2. The molecule has 158 valence electrons. The van der Waals surface area contributed by atoms with Gasteiger partial charge >= 0.3 is 12.1 Å². The Kier molecular flexibility index (Phi) is 6.72. The van der Waals surface area contributed by atoms with Gasteiger partial charge in [0.2, 0.25) is 5.91 Å². The normalized spacial score (nSPS) is 13.3. The van der Waals surface area contributed by atoms with Gasteiger partial charge in [-0.15, -0.1) is 0 Å². The van der Waals surface area contributed by atoms with Gasteiger partial charge in [-0.25, -0.2) is 4.79 Å². The zero-order chi connectivity index (χ0) is 21.7. The third kappa shape index (κ3) is 4.97. The van der Waals surface area contributed by atoms with Crippen LogP contribution < -0.4 is 10.6 Å². The number of hydrogen-bond donors (Lipinski definition) is 3. The average Bonchev–Trinajstić information content (AvgIpc) is 3.04.